The first-order valence-electron chi connectivity index (χ1n) is 18.3. The fraction of sp³-hybridized carbons (Fsp3) is 0.919. The quantitative estimate of drug-likeness (QED) is 0.0441. The standard InChI is InChI=1S/C37H71O4/c1-4-7-9-11-13-15-17-19-20-22-24-26-28-30-32-34-36(39)41-37(6-3)40-35(38)33-31-29-27-25-23-21-18-16-14-12-10-8-5-2/h37H,3-34H2,1-2H3. The molecule has 0 rings (SSSR count). The molecular weight excluding hydrogens is 508 g/mol. The number of unbranched alkanes of at least 4 members (excludes halogenated alkanes) is 26. The number of hydrogen-bond acceptors (Lipinski definition) is 4. The van der Waals surface area contributed by atoms with Crippen LogP contribution in [0.3, 0.4) is 0 Å². The molecule has 0 bridgehead atoms. The first kappa shape index (κ1) is 39.9. The number of carbonyl (C=O) groups is 2. The highest BCUT2D eigenvalue weighted by Gasteiger charge is 2.16. The molecule has 0 spiro atoms. The Morgan fingerprint density at radius 3 is 0.854 bits per heavy atom. The molecule has 4 nitrogen and oxygen atoms in total. The molecule has 0 amide bonds. The van der Waals surface area contributed by atoms with Gasteiger partial charge in [-0.25, -0.2) is 0 Å². The zero-order chi connectivity index (χ0) is 30.1. The van der Waals surface area contributed by atoms with E-state index in [4.69, 9.17) is 9.47 Å². The molecule has 0 N–H and O–H groups in total. The topological polar surface area (TPSA) is 52.6 Å². The minimum Gasteiger partial charge on any atom is -0.425 e. The van der Waals surface area contributed by atoms with Gasteiger partial charge in [0.25, 0.3) is 0 Å². The van der Waals surface area contributed by atoms with Gasteiger partial charge in [0.05, 0.1) is 0 Å². The summed E-state index contributed by atoms with van der Waals surface area (Å²) in [5.74, 6) is -0.552. The third-order valence-electron chi connectivity index (χ3n) is 8.23. The lowest BCUT2D eigenvalue weighted by Gasteiger charge is -2.16. The molecule has 4 heteroatoms. The van der Waals surface area contributed by atoms with Crippen LogP contribution in [0.25, 0.3) is 0 Å². The van der Waals surface area contributed by atoms with Crippen LogP contribution in [-0.2, 0) is 19.1 Å². The summed E-state index contributed by atoms with van der Waals surface area (Å²) in [4.78, 5) is 24.3. The Kier molecular flexibility index (Phi) is 32.6. The molecule has 0 fully saturated rings. The zero-order valence-corrected chi connectivity index (χ0v) is 27.8. The van der Waals surface area contributed by atoms with Crippen LogP contribution in [0.15, 0.2) is 0 Å². The van der Waals surface area contributed by atoms with Crippen molar-refractivity contribution in [2.75, 3.05) is 0 Å². The van der Waals surface area contributed by atoms with Crippen LogP contribution < -0.4 is 0 Å². The summed E-state index contributed by atoms with van der Waals surface area (Å²) in [6, 6.07) is 0. The molecule has 0 aliphatic carbocycles. The molecule has 0 saturated heterocycles. The largest absolute Gasteiger partial charge is 0.425 e. The zero-order valence-electron chi connectivity index (χ0n) is 27.8. The van der Waals surface area contributed by atoms with E-state index in [1.807, 2.05) is 0 Å². The van der Waals surface area contributed by atoms with Crippen LogP contribution in [0.4, 0.5) is 0 Å². The van der Waals surface area contributed by atoms with Crippen molar-refractivity contribution >= 4 is 11.9 Å². The van der Waals surface area contributed by atoms with Crippen LogP contribution in [0.2, 0.25) is 0 Å². The van der Waals surface area contributed by atoms with E-state index < -0.39 is 6.29 Å². The van der Waals surface area contributed by atoms with E-state index in [1.54, 1.807) is 0 Å². The normalized spacial score (nSPS) is 12.0. The first-order chi connectivity index (χ1) is 20.1. The number of rotatable bonds is 33. The number of ether oxygens (including phenoxy) is 2. The SMILES string of the molecule is [CH2]CC(OC(=O)CCCCCCCCCCCCCCC)OC(=O)CCCCCCCCCCCCCCCCC. The van der Waals surface area contributed by atoms with Crippen molar-refractivity contribution < 1.29 is 19.1 Å². The fourth-order valence-corrected chi connectivity index (χ4v) is 5.48. The van der Waals surface area contributed by atoms with Gasteiger partial charge in [0.2, 0.25) is 6.29 Å². The van der Waals surface area contributed by atoms with Crippen molar-refractivity contribution in [1.82, 2.24) is 0 Å². The average molecular weight is 580 g/mol. The van der Waals surface area contributed by atoms with E-state index in [1.165, 1.54) is 154 Å². The number of hydrogen-bond donors (Lipinski definition) is 0. The van der Waals surface area contributed by atoms with Crippen LogP contribution in [-0.4, -0.2) is 18.2 Å². The minimum atomic E-state index is -0.840. The predicted molar refractivity (Wildman–Crippen MR) is 176 cm³/mol. The van der Waals surface area contributed by atoms with Crippen molar-refractivity contribution in [1.29, 1.82) is 0 Å². The van der Waals surface area contributed by atoms with Crippen LogP contribution in [0.5, 0.6) is 0 Å². The molecule has 0 aromatic heterocycles. The lowest BCUT2D eigenvalue weighted by molar-refractivity contribution is -0.187. The van der Waals surface area contributed by atoms with Crippen molar-refractivity contribution in [3.05, 3.63) is 6.92 Å². The molecule has 0 aromatic carbocycles. The maximum Gasteiger partial charge on any atom is 0.308 e. The van der Waals surface area contributed by atoms with Crippen molar-refractivity contribution in [2.45, 2.75) is 219 Å². The Hall–Kier alpha value is -1.06. The molecular formula is C37H71O4. The monoisotopic (exact) mass is 580 g/mol. The van der Waals surface area contributed by atoms with Gasteiger partial charge in [-0.05, 0) is 19.8 Å². The Labute approximate surface area is 256 Å². The Bertz CT molecular complexity index is 547. The maximum atomic E-state index is 12.2. The smallest absolute Gasteiger partial charge is 0.308 e. The Balaban J connectivity index is 3.52. The molecule has 1 unspecified atom stereocenters. The lowest BCUT2D eigenvalue weighted by atomic mass is 10.0. The van der Waals surface area contributed by atoms with Crippen LogP contribution in [0.1, 0.15) is 213 Å². The average Bonchev–Trinajstić information content (AvgIpc) is 2.97. The second-order valence-corrected chi connectivity index (χ2v) is 12.4. The molecule has 41 heavy (non-hydrogen) atoms. The fourth-order valence-electron chi connectivity index (χ4n) is 5.48. The maximum absolute atomic E-state index is 12.2. The molecule has 1 radical (unpaired) electrons. The van der Waals surface area contributed by atoms with Gasteiger partial charge < -0.3 is 9.47 Å². The summed E-state index contributed by atoms with van der Waals surface area (Å²) in [6.45, 7) is 8.32. The third-order valence-corrected chi connectivity index (χ3v) is 8.23. The molecule has 0 saturated carbocycles. The van der Waals surface area contributed by atoms with Crippen LogP contribution in [0, 0.1) is 6.92 Å². The molecule has 0 aromatic rings. The summed E-state index contributed by atoms with van der Waals surface area (Å²) in [5.41, 5.74) is 0. The van der Waals surface area contributed by atoms with Gasteiger partial charge in [0.15, 0.2) is 0 Å². The van der Waals surface area contributed by atoms with Gasteiger partial charge in [-0.3, -0.25) is 9.59 Å². The Morgan fingerprint density at radius 2 is 0.634 bits per heavy atom. The Morgan fingerprint density at radius 1 is 0.415 bits per heavy atom. The highest BCUT2D eigenvalue weighted by atomic mass is 16.7. The second-order valence-electron chi connectivity index (χ2n) is 12.4. The minimum absolute atomic E-state index is 0.259. The molecule has 0 heterocycles. The summed E-state index contributed by atoms with van der Waals surface area (Å²) in [6.07, 6.45) is 36.3. The van der Waals surface area contributed by atoms with E-state index in [2.05, 4.69) is 20.8 Å². The first-order valence-corrected chi connectivity index (χ1v) is 18.3. The van der Waals surface area contributed by atoms with Gasteiger partial charge in [-0.15, -0.1) is 0 Å². The van der Waals surface area contributed by atoms with Crippen molar-refractivity contribution in [3.63, 3.8) is 0 Å². The van der Waals surface area contributed by atoms with Crippen molar-refractivity contribution in [3.8, 4) is 0 Å². The predicted octanol–water partition coefficient (Wildman–Crippen LogP) is 12.4. The van der Waals surface area contributed by atoms with Gasteiger partial charge >= 0.3 is 11.9 Å². The summed E-state index contributed by atoms with van der Waals surface area (Å²) >= 11 is 0. The molecule has 0 aliphatic rings. The van der Waals surface area contributed by atoms with Gasteiger partial charge in [-0.2, -0.15) is 0 Å². The van der Waals surface area contributed by atoms with E-state index in [0.717, 1.165) is 25.7 Å². The number of esters is 2. The number of carbonyl (C=O) groups excluding carboxylic acids is 2. The third kappa shape index (κ3) is 31.7. The summed E-state index contributed by atoms with van der Waals surface area (Å²) < 4.78 is 10.7. The van der Waals surface area contributed by atoms with Crippen LogP contribution >= 0.6 is 0 Å². The van der Waals surface area contributed by atoms with E-state index in [0.29, 0.717) is 12.8 Å². The summed E-state index contributed by atoms with van der Waals surface area (Å²) in [5, 5.41) is 0. The molecule has 243 valence electrons. The highest BCUT2D eigenvalue weighted by molar-refractivity contribution is 5.71. The second kappa shape index (κ2) is 33.4. The van der Waals surface area contributed by atoms with Gasteiger partial charge in [0.1, 0.15) is 0 Å². The van der Waals surface area contributed by atoms with Crippen molar-refractivity contribution in [2.24, 2.45) is 0 Å². The van der Waals surface area contributed by atoms with Gasteiger partial charge in [-0.1, -0.05) is 181 Å². The van der Waals surface area contributed by atoms with E-state index in [-0.39, 0.29) is 18.4 Å². The summed E-state index contributed by atoms with van der Waals surface area (Å²) in [7, 11) is 0. The lowest BCUT2D eigenvalue weighted by Crippen LogP contribution is -2.24. The van der Waals surface area contributed by atoms with E-state index in [9.17, 15) is 9.59 Å². The molecule has 0 aliphatic heterocycles. The molecule has 1 atom stereocenters. The van der Waals surface area contributed by atoms with Gasteiger partial charge in [0, 0.05) is 19.3 Å². The van der Waals surface area contributed by atoms with E-state index >= 15 is 0 Å². The highest BCUT2D eigenvalue weighted by Crippen LogP contribution is 2.16.